The number of aromatic carboxylic acids is 1. The molecule has 0 radical (unpaired) electrons. The molecule has 1 rings (SSSR count). The number of carboxylic acids is 1. The predicted molar refractivity (Wildman–Crippen MR) is 61.7 cm³/mol. The molecule has 0 saturated carbocycles. The van der Waals surface area contributed by atoms with Gasteiger partial charge in [0.05, 0.1) is 5.75 Å². The number of rotatable bonds is 6. The average Bonchev–Trinajstić information content (AvgIpc) is 2.26. The van der Waals surface area contributed by atoms with Gasteiger partial charge < -0.3 is 5.11 Å². The summed E-state index contributed by atoms with van der Waals surface area (Å²) in [4.78, 5) is 17.7. The van der Waals surface area contributed by atoms with Crippen LogP contribution in [0.3, 0.4) is 0 Å². The molecule has 0 amide bonds. The molecule has 11 heteroatoms. The maximum absolute atomic E-state index is 11.9. The number of alkyl halides is 3. The van der Waals surface area contributed by atoms with Crippen LogP contribution in [0.25, 0.3) is 0 Å². The summed E-state index contributed by atoms with van der Waals surface area (Å²) in [6, 6.07) is 0. The van der Waals surface area contributed by atoms with Crippen molar-refractivity contribution < 1.29 is 31.5 Å². The highest BCUT2D eigenvalue weighted by Crippen LogP contribution is 2.22. The number of hydrogen-bond donors (Lipinski definition) is 2. The Morgan fingerprint density at radius 1 is 1.30 bits per heavy atom. The third-order valence-electron chi connectivity index (χ3n) is 2.03. The summed E-state index contributed by atoms with van der Waals surface area (Å²) in [5.74, 6) is -2.85. The summed E-state index contributed by atoms with van der Waals surface area (Å²) in [6.45, 7) is 0. The van der Waals surface area contributed by atoms with Gasteiger partial charge in [-0.3, -0.25) is 4.72 Å². The van der Waals surface area contributed by atoms with E-state index in [-0.39, 0.29) is 0 Å². The third kappa shape index (κ3) is 5.38. The molecule has 0 spiro atoms. The zero-order chi connectivity index (χ0) is 15.4. The Kier molecular flexibility index (Phi) is 4.87. The molecule has 1 heterocycles. The normalized spacial score (nSPS) is 12.2. The van der Waals surface area contributed by atoms with E-state index in [9.17, 15) is 26.4 Å². The largest absolute Gasteiger partial charge is 0.476 e. The maximum Gasteiger partial charge on any atom is 0.389 e. The van der Waals surface area contributed by atoms with Crippen LogP contribution in [-0.4, -0.2) is 41.4 Å². The minimum atomic E-state index is -4.45. The van der Waals surface area contributed by atoms with Crippen LogP contribution < -0.4 is 4.72 Å². The van der Waals surface area contributed by atoms with Gasteiger partial charge in [0.25, 0.3) is 0 Å². The van der Waals surface area contributed by atoms with Crippen LogP contribution >= 0.6 is 0 Å². The van der Waals surface area contributed by atoms with Crippen LogP contribution in [0.4, 0.5) is 19.0 Å². The maximum atomic E-state index is 11.9. The molecular formula is C9H10F3N3O4S. The Morgan fingerprint density at radius 3 is 2.45 bits per heavy atom. The van der Waals surface area contributed by atoms with E-state index in [1.54, 1.807) is 4.72 Å². The second-order valence-corrected chi connectivity index (χ2v) is 5.54. The average molecular weight is 313 g/mol. The number of nitrogens with zero attached hydrogens (tertiary/aromatic N) is 2. The smallest absolute Gasteiger partial charge is 0.389 e. The third-order valence-corrected chi connectivity index (χ3v) is 3.36. The first-order valence-corrected chi connectivity index (χ1v) is 6.87. The van der Waals surface area contributed by atoms with Gasteiger partial charge in [-0.25, -0.2) is 23.2 Å². The number of halogens is 3. The number of anilines is 1. The molecular weight excluding hydrogens is 303 g/mol. The number of carbonyl (C=O) groups is 1. The SMILES string of the molecule is O=C(O)c1nccnc1NS(=O)(=O)CCCC(F)(F)F. The topological polar surface area (TPSA) is 109 Å². The lowest BCUT2D eigenvalue weighted by molar-refractivity contribution is -0.134. The van der Waals surface area contributed by atoms with Gasteiger partial charge in [-0.2, -0.15) is 13.2 Å². The van der Waals surface area contributed by atoms with Crippen molar-refractivity contribution >= 4 is 21.8 Å². The second kappa shape index (κ2) is 6.03. The van der Waals surface area contributed by atoms with Crippen LogP contribution in [0.15, 0.2) is 12.4 Å². The fourth-order valence-corrected chi connectivity index (χ4v) is 2.30. The standard InChI is InChI=1S/C9H10F3N3O4S/c10-9(11,12)2-1-5-20(18,19)15-7-6(8(16)17)13-3-4-14-7/h3-4H,1-2,5H2,(H,14,15)(H,16,17). The van der Waals surface area contributed by atoms with Gasteiger partial charge >= 0.3 is 12.1 Å². The minimum Gasteiger partial charge on any atom is -0.476 e. The quantitative estimate of drug-likeness (QED) is 0.818. The van der Waals surface area contributed by atoms with Gasteiger partial charge in [0.2, 0.25) is 10.0 Å². The number of sulfonamides is 1. The molecule has 20 heavy (non-hydrogen) atoms. The van der Waals surface area contributed by atoms with Crippen LogP contribution in [0, 0.1) is 0 Å². The number of nitrogens with one attached hydrogen (secondary N) is 1. The van der Waals surface area contributed by atoms with E-state index in [0.29, 0.717) is 0 Å². The van der Waals surface area contributed by atoms with E-state index in [1.165, 1.54) is 0 Å². The Morgan fingerprint density at radius 2 is 1.90 bits per heavy atom. The molecule has 0 saturated heterocycles. The first-order chi connectivity index (χ1) is 9.11. The zero-order valence-corrected chi connectivity index (χ0v) is 10.7. The lowest BCUT2D eigenvalue weighted by Gasteiger charge is -2.09. The van der Waals surface area contributed by atoms with E-state index in [4.69, 9.17) is 5.11 Å². The van der Waals surface area contributed by atoms with E-state index in [1.807, 2.05) is 0 Å². The molecule has 0 fully saturated rings. The number of hydrogen-bond acceptors (Lipinski definition) is 5. The molecule has 0 bridgehead atoms. The highest BCUT2D eigenvalue weighted by atomic mass is 32.2. The van der Waals surface area contributed by atoms with Crippen LogP contribution in [0.5, 0.6) is 0 Å². The summed E-state index contributed by atoms with van der Waals surface area (Å²) in [6.07, 6.45) is -4.24. The molecule has 1 aromatic rings. The summed E-state index contributed by atoms with van der Waals surface area (Å²) in [7, 11) is -4.13. The first-order valence-electron chi connectivity index (χ1n) is 5.22. The molecule has 7 nitrogen and oxygen atoms in total. The summed E-state index contributed by atoms with van der Waals surface area (Å²) in [5.41, 5.74) is -0.633. The van der Waals surface area contributed by atoms with Crippen molar-refractivity contribution in [3.05, 3.63) is 18.1 Å². The van der Waals surface area contributed by atoms with Crippen LogP contribution in [-0.2, 0) is 10.0 Å². The fraction of sp³-hybridized carbons (Fsp3) is 0.444. The minimum absolute atomic E-state index is 0.535. The van der Waals surface area contributed by atoms with Crippen molar-refractivity contribution in [3.8, 4) is 0 Å². The molecule has 112 valence electrons. The van der Waals surface area contributed by atoms with Crippen molar-refractivity contribution in [2.75, 3.05) is 10.5 Å². The van der Waals surface area contributed by atoms with Gasteiger partial charge in [0.1, 0.15) is 0 Å². The Balaban J connectivity index is 2.74. The molecule has 0 aromatic carbocycles. The van der Waals surface area contributed by atoms with Crippen molar-refractivity contribution in [1.82, 2.24) is 9.97 Å². The summed E-state index contributed by atoms with van der Waals surface area (Å²) in [5, 5.41) is 8.76. The Labute approximate surface area is 111 Å². The predicted octanol–water partition coefficient (Wildman–Crippen LogP) is 1.26. The molecule has 0 atom stereocenters. The Bertz CT molecular complexity index is 588. The molecule has 1 aromatic heterocycles. The van der Waals surface area contributed by atoms with Crippen molar-refractivity contribution in [2.45, 2.75) is 19.0 Å². The van der Waals surface area contributed by atoms with Gasteiger partial charge in [-0.05, 0) is 6.42 Å². The molecule has 0 aliphatic rings. The number of aromatic nitrogens is 2. The lowest BCUT2D eigenvalue weighted by atomic mass is 10.3. The van der Waals surface area contributed by atoms with E-state index >= 15 is 0 Å². The molecule has 2 N–H and O–H groups in total. The van der Waals surface area contributed by atoms with E-state index < -0.39 is 52.3 Å². The number of carboxylic acid groups (broad SMARTS) is 1. The van der Waals surface area contributed by atoms with Crippen molar-refractivity contribution in [2.24, 2.45) is 0 Å². The summed E-state index contributed by atoms with van der Waals surface area (Å²) >= 11 is 0. The molecule has 0 aliphatic carbocycles. The lowest BCUT2D eigenvalue weighted by Crippen LogP contribution is -2.21. The first kappa shape index (κ1) is 16.1. The van der Waals surface area contributed by atoms with Gasteiger partial charge in [0.15, 0.2) is 11.5 Å². The highest BCUT2D eigenvalue weighted by molar-refractivity contribution is 7.92. The molecule has 0 aliphatic heterocycles. The Hall–Kier alpha value is -1.91. The van der Waals surface area contributed by atoms with Crippen molar-refractivity contribution in [3.63, 3.8) is 0 Å². The van der Waals surface area contributed by atoms with Crippen LogP contribution in [0.2, 0.25) is 0 Å². The van der Waals surface area contributed by atoms with Gasteiger partial charge in [-0.1, -0.05) is 0 Å². The highest BCUT2D eigenvalue weighted by Gasteiger charge is 2.28. The van der Waals surface area contributed by atoms with Gasteiger partial charge in [-0.15, -0.1) is 0 Å². The fourth-order valence-electron chi connectivity index (χ4n) is 1.23. The monoisotopic (exact) mass is 313 g/mol. The van der Waals surface area contributed by atoms with E-state index in [2.05, 4.69) is 9.97 Å². The molecule has 0 unspecified atom stereocenters. The van der Waals surface area contributed by atoms with Crippen LogP contribution in [0.1, 0.15) is 23.3 Å². The van der Waals surface area contributed by atoms with Gasteiger partial charge in [0, 0.05) is 18.8 Å². The second-order valence-electron chi connectivity index (χ2n) is 3.70. The zero-order valence-electron chi connectivity index (χ0n) is 9.88. The van der Waals surface area contributed by atoms with E-state index in [0.717, 1.165) is 12.4 Å². The summed E-state index contributed by atoms with van der Waals surface area (Å²) < 4.78 is 60.6. The van der Waals surface area contributed by atoms with Crippen molar-refractivity contribution in [1.29, 1.82) is 0 Å².